The van der Waals surface area contributed by atoms with Gasteiger partial charge in [0.2, 0.25) is 5.91 Å². The second-order valence-electron chi connectivity index (χ2n) is 5.59. The van der Waals surface area contributed by atoms with Crippen molar-refractivity contribution in [3.8, 4) is 0 Å². The number of amides is 1. The van der Waals surface area contributed by atoms with Crippen molar-refractivity contribution >= 4 is 16.8 Å². The number of aryl methyl sites for hydroxylation is 2. The van der Waals surface area contributed by atoms with Gasteiger partial charge in [-0.1, -0.05) is 18.6 Å². The predicted octanol–water partition coefficient (Wildman–Crippen LogP) is 2.68. The molecule has 0 bridgehead atoms. The molecule has 4 heteroatoms. The molecule has 0 aliphatic heterocycles. The van der Waals surface area contributed by atoms with E-state index in [2.05, 4.69) is 10.3 Å². The maximum Gasteiger partial charge on any atom is 0.251 e. The lowest BCUT2D eigenvalue weighted by Crippen LogP contribution is -2.32. The van der Waals surface area contributed by atoms with E-state index in [1.54, 1.807) is 0 Å². The molecule has 0 aliphatic rings. The first-order valence-corrected chi connectivity index (χ1v) is 7.41. The molecular formula is C17H22N2O2. The van der Waals surface area contributed by atoms with Gasteiger partial charge in [-0.05, 0) is 50.3 Å². The molecule has 2 aromatic rings. The number of hydrogen-bond acceptors (Lipinski definition) is 2. The average molecular weight is 286 g/mol. The molecule has 1 heterocycles. The highest BCUT2D eigenvalue weighted by molar-refractivity contribution is 5.80. The minimum absolute atomic E-state index is 0.00640. The highest BCUT2D eigenvalue weighted by atomic mass is 16.1. The molecule has 2 N–H and O–H groups in total. The molecule has 21 heavy (non-hydrogen) atoms. The summed E-state index contributed by atoms with van der Waals surface area (Å²) in [7, 11) is 0. The van der Waals surface area contributed by atoms with Crippen LogP contribution in [0.1, 0.15) is 37.8 Å². The first kappa shape index (κ1) is 15.3. The zero-order valence-corrected chi connectivity index (χ0v) is 12.8. The van der Waals surface area contributed by atoms with Crippen LogP contribution >= 0.6 is 0 Å². The maximum absolute atomic E-state index is 12.0. The minimum atomic E-state index is -0.109. The van der Waals surface area contributed by atoms with Crippen molar-refractivity contribution in [2.24, 2.45) is 0 Å². The molecule has 0 saturated carbocycles. The van der Waals surface area contributed by atoms with Gasteiger partial charge in [0, 0.05) is 23.5 Å². The lowest BCUT2D eigenvalue weighted by atomic mass is 10.1. The van der Waals surface area contributed by atoms with Crippen molar-refractivity contribution in [2.75, 3.05) is 0 Å². The maximum atomic E-state index is 12.0. The topological polar surface area (TPSA) is 62.0 Å². The molecule has 4 nitrogen and oxygen atoms in total. The van der Waals surface area contributed by atoms with Crippen LogP contribution < -0.4 is 10.9 Å². The third-order valence-electron chi connectivity index (χ3n) is 3.72. The first-order chi connectivity index (χ1) is 9.99. The molecule has 0 saturated heterocycles. The number of benzene rings is 1. The van der Waals surface area contributed by atoms with Gasteiger partial charge in [-0.2, -0.15) is 0 Å². The van der Waals surface area contributed by atoms with Crippen LogP contribution in [0.15, 0.2) is 29.1 Å². The lowest BCUT2D eigenvalue weighted by Gasteiger charge is -2.11. The fraction of sp³-hybridized carbons (Fsp3) is 0.412. The smallest absolute Gasteiger partial charge is 0.251 e. The van der Waals surface area contributed by atoms with Crippen molar-refractivity contribution in [1.29, 1.82) is 0 Å². The second kappa shape index (κ2) is 6.57. The van der Waals surface area contributed by atoms with Crippen molar-refractivity contribution < 1.29 is 4.79 Å². The number of carbonyl (C=O) groups is 1. The number of carbonyl (C=O) groups excluding carboxylic acids is 1. The van der Waals surface area contributed by atoms with Gasteiger partial charge in [0.15, 0.2) is 0 Å². The van der Waals surface area contributed by atoms with Crippen molar-refractivity contribution in [3.05, 3.63) is 45.7 Å². The van der Waals surface area contributed by atoms with Gasteiger partial charge in [0.05, 0.1) is 0 Å². The second-order valence-corrected chi connectivity index (χ2v) is 5.59. The summed E-state index contributed by atoms with van der Waals surface area (Å²) in [6, 6.07) is 7.98. The molecule has 0 unspecified atom stereocenters. The zero-order chi connectivity index (χ0) is 15.4. The Morgan fingerprint density at radius 2 is 2.10 bits per heavy atom. The fourth-order valence-electron chi connectivity index (χ4n) is 2.25. The highest BCUT2D eigenvalue weighted by Crippen LogP contribution is 2.13. The Balaban J connectivity index is 2.13. The summed E-state index contributed by atoms with van der Waals surface area (Å²) in [6.07, 6.45) is 1.70. The number of nitrogens with one attached hydrogen (secondary N) is 2. The average Bonchev–Trinajstić information content (AvgIpc) is 2.45. The molecule has 1 amide bonds. The van der Waals surface area contributed by atoms with E-state index in [9.17, 15) is 9.59 Å². The van der Waals surface area contributed by atoms with E-state index >= 15 is 0 Å². The number of hydrogen-bond donors (Lipinski definition) is 2. The molecule has 1 aromatic heterocycles. The largest absolute Gasteiger partial charge is 0.354 e. The number of H-pyrrole nitrogens is 1. The molecular weight excluding hydrogens is 264 g/mol. The fourth-order valence-corrected chi connectivity index (χ4v) is 2.25. The summed E-state index contributed by atoms with van der Waals surface area (Å²) >= 11 is 0. The van der Waals surface area contributed by atoms with E-state index in [1.807, 2.05) is 45.0 Å². The van der Waals surface area contributed by atoms with Gasteiger partial charge < -0.3 is 10.3 Å². The van der Waals surface area contributed by atoms with Gasteiger partial charge in [-0.25, -0.2) is 0 Å². The quantitative estimate of drug-likeness (QED) is 0.887. The summed E-state index contributed by atoms with van der Waals surface area (Å²) in [5.74, 6) is -0.00640. The Kier molecular flexibility index (Phi) is 4.78. The van der Waals surface area contributed by atoms with Gasteiger partial charge in [0.1, 0.15) is 0 Å². The summed E-state index contributed by atoms with van der Waals surface area (Å²) in [6.45, 7) is 6.02. The van der Waals surface area contributed by atoms with Gasteiger partial charge in [-0.15, -0.1) is 0 Å². The monoisotopic (exact) mass is 286 g/mol. The summed E-state index contributed by atoms with van der Waals surface area (Å²) in [5, 5.41) is 3.92. The zero-order valence-electron chi connectivity index (χ0n) is 12.8. The molecule has 1 aromatic carbocycles. The van der Waals surface area contributed by atoms with Gasteiger partial charge >= 0.3 is 0 Å². The molecule has 112 valence electrons. The van der Waals surface area contributed by atoms with Crippen molar-refractivity contribution in [1.82, 2.24) is 10.3 Å². The minimum Gasteiger partial charge on any atom is -0.354 e. The molecule has 0 aliphatic carbocycles. The Bertz CT molecular complexity index is 703. The third-order valence-corrected chi connectivity index (χ3v) is 3.72. The van der Waals surface area contributed by atoms with Crippen molar-refractivity contribution in [3.63, 3.8) is 0 Å². The third kappa shape index (κ3) is 3.94. The number of aromatic nitrogens is 1. The number of rotatable bonds is 5. The van der Waals surface area contributed by atoms with Crippen LogP contribution in [-0.2, 0) is 11.2 Å². The molecule has 2 rings (SSSR count). The first-order valence-electron chi connectivity index (χ1n) is 7.41. The van der Waals surface area contributed by atoms with E-state index < -0.39 is 0 Å². The van der Waals surface area contributed by atoms with Crippen LogP contribution in [0, 0.1) is 6.92 Å². The molecule has 0 spiro atoms. The normalized spacial score (nSPS) is 12.3. The summed E-state index contributed by atoms with van der Waals surface area (Å²) in [4.78, 5) is 26.7. The van der Waals surface area contributed by atoms with Crippen LogP contribution in [-0.4, -0.2) is 16.9 Å². The Labute approximate surface area is 124 Å². The van der Waals surface area contributed by atoms with Crippen molar-refractivity contribution in [2.45, 2.75) is 46.1 Å². The number of fused-ring (bicyclic) bond motifs is 1. The standard InChI is InChI=1S/C17H22N2O2/c1-4-12(3)18-16(20)8-6-13-10-14-9-11(2)5-7-15(14)19-17(13)21/h5,7,9-10,12H,4,6,8H2,1-3H3,(H,18,20)(H,19,21)/t12-/m0/s1. The van der Waals surface area contributed by atoms with E-state index in [0.29, 0.717) is 18.4 Å². The van der Waals surface area contributed by atoms with Crippen LogP contribution in [0.4, 0.5) is 0 Å². The summed E-state index contributed by atoms with van der Waals surface area (Å²) in [5.41, 5.74) is 2.53. The lowest BCUT2D eigenvalue weighted by molar-refractivity contribution is -0.121. The van der Waals surface area contributed by atoms with Crippen LogP contribution in [0.5, 0.6) is 0 Å². The number of pyridine rings is 1. The van der Waals surface area contributed by atoms with Crippen LogP contribution in [0.2, 0.25) is 0 Å². The Morgan fingerprint density at radius 1 is 1.33 bits per heavy atom. The Morgan fingerprint density at radius 3 is 2.81 bits per heavy atom. The molecule has 0 fully saturated rings. The van der Waals surface area contributed by atoms with E-state index in [4.69, 9.17) is 0 Å². The van der Waals surface area contributed by atoms with E-state index in [1.165, 1.54) is 0 Å². The van der Waals surface area contributed by atoms with Gasteiger partial charge in [0.25, 0.3) is 5.56 Å². The number of aromatic amines is 1. The van der Waals surface area contributed by atoms with Gasteiger partial charge in [-0.3, -0.25) is 9.59 Å². The summed E-state index contributed by atoms with van der Waals surface area (Å²) < 4.78 is 0. The molecule has 1 atom stereocenters. The molecule has 0 radical (unpaired) electrons. The van der Waals surface area contributed by atoms with Crippen LogP contribution in [0.25, 0.3) is 10.9 Å². The predicted molar refractivity (Wildman–Crippen MR) is 85.5 cm³/mol. The SMILES string of the molecule is CC[C@H](C)NC(=O)CCc1cc2cc(C)ccc2[nH]c1=O. The highest BCUT2D eigenvalue weighted by Gasteiger charge is 2.08. The Hall–Kier alpha value is -2.10. The van der Waals surface area contributed by atoms with Crippen LogP contribution in [0.3, 0.4) is 0 Å². The van der Waals surface area contributed by atoms with E-state index in [0.717, 1.165) is 22.9 Å². The van der Waals surface area contributed by atoms with E-state index in [-0.39, 0.29) is 17.5 Å².